The maximum atomic E-state index is 5.51. The first-order valence-corrected chi connectivity index (χ1v) is 6.93. The van der Waals surface area contributed by atoms with Gasteiger partial charge in [0.2, 0.25) is 0 Å². The van der Waals surface area contributed by atoms with E-state index >= 15 is 0 Å². The number of furan rings is 1. The van der Waals surface area contributed by atoms with E-state index < -0.39 is 0 Å². The highest BCUT2D eigenvalue weighted by Gasteiger charge is 2.20. The highest BCUT2D eigenvalue weighted by Crippen LogP contribution is 2.27. The molecule has 5 nitrogen and oxygen atoms in total. The van der Waals surface area contributed by atoms with Gasteiger partial charge in [0, 0.05) is 26.7 Å². The summed E-state index contributed by atoms with van der Waals surface area (Å²) < 4.78 is 10.7. The second kappa shape index (κ2) is 10.0. The molecule has 0 radical (unpaired) electrons. The minimum Gasteiger partial charge on any atom is -0.467 e. The first kappa shape index (κ1) is 17.3. The maximum absolute atomic E-state index is 5.51. The lowest BCUT2D eigenvalue weighted by atomic mass is 10.4. The van der Waals surface area contributed by atoms with Crippen LogP contribution in [0.1, 0.15) is 25.0 Å². The van der Waals surface area contributed by atoms with E-state index in [1.807, 2.05) is 12.1 Å². The van der Waals surface area contributed by atoms with E-state index in [9.17, 15) is 0 Å². The minimum atomic E-state index is 0. The van der Waals surface area contributed by atoms with E-state index in [4.69, 9.17) is 9.15 Å². The van der Waals surface area contributed by atoms with Crippen LogP contribution in [-0.4, -0.2) is 32.7 Å². The van der Waals surface area contributed by atoms with E-state index in [-0.39, 0.29) is 24.0 Å². The average Bonchev–Trinajstić information content (AvgIpc) is 3.11. The van der Waals surface area contributed by atoms with Gasteiger partial charge in [-0.2, -0.15) is 0 Å². The fraction of sp³-hybridized carbons (Fsp3) is 0.643. The number of aliphatic imine (C=N–C) groups is 1. The maximum Gasteiger partial charge on any atom is 0.190 e. The van der Waals surface area contributed by atoms with Crippen LogP contribution in [0.15, 0.2) is 27.8 Å². The third kappa shape index (κ3) is 7.14. The second-order valence-corrected chi connectivity index (χ2v) is 4.81. The Morgan fingerprint density at radius 3 is 2.95 bits per heavy atom. The summed E-state index contributed by atoms with van der Waals surface area (Å²) in [4.78, 5) is 4.18. The summed E-state index contributed by atoms with van der Waals surface area (Å²) in [7, 11) is 1.80. The average molecular weight is 393 g/mol. The van der Waals surface area contributed by atoms with Crippen LogP contribution in [-0.2, 0) is 11.3 Å². The molecule has 0 unspecified atom stereocenters. The molecule has 1 aliphatic carbocycles. The van der Waals surface area contributed by atoms with Gasteiger partial charge in [0.05, 0.1) is 6.26 Å². The van der Waals surface area contributed by atoms with Crippen molar-refractivity contribution in [3.8, 4) is 0 Å². The Morgan fingerprint density at radius 1 is 1.45 bits per heavy atom. The van der Waals surface area contributed by atoms with Gasteiger partial charge in [0.1, 0.15) is 12.4 Å². The number of rotatable bonds is 8. The van der Waals surface area contributed by atoms with E-state index in [1.165, 1.54) is 12.8 Å². The Kier molecular flexibility index (Phi) is 8.68. The highest BCUT2D eigenvalue weighted by molar-refractivity contribution is 14.0. The van der Waals surface area contributed by atoms with E-state index in [1.54, 1.807) is 13.3 Å². The zero-order chi connectivity index (χ0) is 13.3. The number of nitrogens with zero attached hydrogens (tertiary/aromatic N) is 1. The molecule has 0 saturated heterocycles. The normalized spacial score (nSPS) is 14.8. The molecule has 1 aromatic rings. The molecule has 114 valence electrons. The molecule has 1 heterocycles. The molecule has 0 aromatic carbocycles. The summed E-state index contributed by atoms with van der Waals surface area (Å²) in [5.41, 5.74) is 0. The summed E-state index contributed by atoms with van der Waals surface area (Å²) in [6.45, 7) is 3.16. The molecular formula is C14H24IN3O2. The van der Waals surface area contributed by atoms with Crippen LogP contribution in [0, 0.1) is 5.92 Å². The van der Waals surface area contributed by atoms with Gasteiger partial charge in [0.25, 0.3) is 0 Å². The largest absolute Gasteiger partial charge is 0.467 e. The molecular weight excluding hydrogens is 369 g/mol. The predicted octanol–water partition coefficient (Wildman–Crippen LogP) is 2.38. The quantitative estimate of drug-likeness (QED) is 0.308. The second-order valence-electron chi connectivity index (χ2n) is 4.81. The summed E-state index contributed by atoms with van der Waals surface area (Å²) in [6.07, 6.45) is 5.32. The molecule has 6 heteroatoms. The van der Waals surface area contributed by atoms with Gasteiger partial charge in [-0.25, -0.2) is 0 Å². The van der Waals surface area contributed by atoms with Gasteiger partial charge >= 0.3 is 0 Å². The van der Waals surface area contributed by atoms with E-state index in [0.717, 1.165) is 37.1 Å². The van der Waals surface area contributed by atoms with Crippen molar-refractivity contribution in [2.24, 2.45) is 10.9 Å². The zero-order valence-electron chi connectivity index (χ0n) is 11.9. The van der Waals surface area contributed by atoms with Gasteiger partial charge in [-0.1, -0.05) is 0 Å². The summed E-state index contributed by atoms with van der Waals surface area (Å²) in [5, 5.41) is 6.61. The molecule has 1 aromatic heterocycles. The zero-order valence-corrected chi connectivity index (χ0v) is 14.3. The molecule has 2 rings (SSSR count). The molecule has 1 fully saturated rings. The van der Waals surface area contributed by atoms with Crippen molar-refractivity contribution in [2.75, 3.05) is 26.7 Å². The van der Waals surface area contributed by atoms with Crippen LogP contribution in [0.5, 0.6) is 0 Å². The number of guanidine groups is 1. The topological polar surface area (TPSA) is 58.8 Å². The summed E-state index contributed by atoms with van der Waals surface area (Å²) in [5.74, 6) is 2.61. The molecule has 20 heavy (non-hydrogen) atoms. The first-order valence-electron chi connectivity index (χ1n) is 6.93. The molecule has 0 spiro atoms. The molecule has 0 amide bonds. The molecule has 0 atom stereocenters. The van der Waals surface area contributed by atoms with Crippen LogP contribution >= 0.6 is 24.0 Å². The molecule has 1 saturated carbocycles. The van der Waals surface area contributed by atoms with Gasteiger partial charge in [-0.05, 0) is 37.3 Å². The van der Waals surface area contributed by atoms with Crippen LogP contribution < -0.4 is 10.6 Å². The Morgan fingerprint density at radius 2 is 2.30 bits per heavy atom. The smallest absolute Gasteiger partial charge is 0.190 e. The number of halogens is 1. The minimum absolute atomic E-state index is 0. The van der Waals surface area contributed by atoms with Crippen LogP contribution in [0.25, 0.3) is 0 Å². The lowest BCUT2D eigenvalue weighted by molar-refractivity contribution is 0.105. The Labute approximate surface area is 137 Å². The van der Waals surface area contributed by atoms with E-state index in [2.05, 4.69) is 15.6 Å². The van der Waals surface area contributed by atoms with Crippen LogP contribution in [0.4, 0.5) is 0 Å². The Hall–Kier alpha value is -0.760. The Bertz CT molecular complexity index is 378. The SMILES string of the molecule is CN=C(NCCCOCc1ccco1)NCC1CC1.I. The van der Waals surface area contributed by atoms with E-state index in [0.29, 0.717) is 13.2 Å². The monoisotopic (exact) mass is 393 g/mol. The number of hydrogen-bond donors (Lipinski definition) is 2. The van der Waals surface area contributed by atoms with Gasteiger partial charge in [-0.15, -0.1) is 24.0 Å². The lowest BCUT2D eigenvalue weighted by Gasteiger charge is -2.11. The van der Waals surface area contributed by atoms with Crippen molar-refractivity contribution in [3.63, 3.8) is 0 Å². The molecule has 0 aliphatic heterocycles. The van der Waals surface area contributed by atoms with Crippen LogP contribution in [0.3, 0.4) is 0 Å². The lowest BCUT2D eigenvalue weighted by Crippen LogP contribution is -2.39. The Balaban J connectivity index is 0.00000200. The third-order valence-corrected chi connectivity index (χ3v) is 3.06. The van der Waals surface area contributed by atoms with Crippen molar-refractivity contribution < 1.29 is 9.15 Å². The fourth-order valence-electron chi connectivity index (χ4n) is 1.73. The van der Waals surface area contributed by atoms with Crippen molar-refractivity contribution >= 4 is 29.9 Å². The molecule has 2 N–H and O–H groups in total. The molecule has 0 bridgehead atoms. The summed E-state index contributed by atoms with van der Waals surface area (Å²) >= 11 is 0. The third-order valence-electron chi connectivity index (χ3n) is 3.06. The molecule has 1 aliphatic rings. The van der Waals surface area contributed by atoms with Crippen molar-refractivity contribution in [3.05, 3.63) is 24.2 Å². The van der Waals surface area contributed by atoms with Gasteiger partial charge < -0.3 is 19.8 Å². The van der Waals surface area contributed by atoms with Crippen molar-refractivity contribution in [1.82, 2.24) is 10.6 Å². The summed E-state index contributed by atoms with van der Waals surface area (Å²) in [6, 6.07) is 3.79. The standard InChI is InChI=1S/C14H23N3O2.HI/c1-15-14(17-10-12-5-6-12)16-7-3-8-18-11-13-4-2-9-19-13;/h2,4,9,12H,3,5-8,10-11H2,1H3,(H2,15,16,17);1H. The number of hydrogen-bond acceptors (Lipinski definition) is 3. The number of ether oxygens (including phenoxy) is 1. The van der Waals surface area contributed by atoms with Gasteiger partial charge in [-0.3, -0.25) is 4.99 Å². The first-order chi connectivity index (χ1) is 9.38. The van der Waals surface area contributed by atoms with Gasteiger partial charge in [0.15, 0.2) is 5.96 Å². The van der Waals surface area contributed by atoms with Crippen molar-refractivity contribution in [2.45, 2.75) is 25.9 Å². The highest BCUT2D eigenvalue weighted by atomic mass is 127. The predicted molar refractivity (Wildman–Crippen MR) is 90.5 cm³/mol. The fourth-order valence-corrected chi connectivity index (χ4v) is 1.73. The van der Waals surface area contributed by atoms with Crippen LogP contribution in [0.2, 0.25) is 0 Å². The van der Waals surface area contributed by atoms with Crippen molar-refractivity contribution in [1.29, 1.82) is 0 Å². The number of nitrogens with one attached hydrogen (secondary N) is 2.